The van der Waals surface area contributed by atoms with E-state index in [1.54, 1.807) is 31.2 Å². The van der Waals surface area contributed by atoms with Crippen LogP contribution in [0.1, 0.15) is 29.2 Å². The maximum Gasteiger partial charge on any atom is 0.335 e. The van der Waals surface area contributed by atoms with Gasteiger partial charge in [-0.15, -0.1) is 0 Å². The van der Waals surface area contributed by atoms with Gasteiger partial charge in [0.05, 0.1) is 17.3 Å². The Labute approximate surface area is 237 Å². The summed E-state index contributed by atoms with van der Waals surface area (Å²) in [7, 11) is 0. The highest BCUT2D eigenvalue weighted by Gasteiger charge is 2.37. The average Bonchev–Trinajstić information content (AvgIpc) is 2.92. The molecule has 1 aliphatic rings. The zero-order chi connectivity index (χ0) is 28.4. The van der Waals surface area contributed by atoms with Crippen LogP contribution in [-0.4, -0.2) is 24.5 Å². The first-order chi connectivity index (χ1) is 19.3. The molecule has 0 bridgehead atoms. The van der Waals surface area contributed by atoms with E-state index in [9.17, 15) is 14.4 Å². The second-order valence-electron chi connectivity index (χ2n) is 9.44. The number of imide groups is 2. The van der Waals surface area contributed by atoms with E-state index in [-0.39, 0.29) is 17.2 Å². The predicted octanol–water partition coefficient (Wildman–Crippen LogP) is 6.75. The minimum atomic E-state index is -0.802. The van der Waals surface area contributed by atoms with Crippen LogP contribution in [0.4, 0.5) is 10.5 Å². The Balaban J connectivity index is 1.47. The number of rotatable bonds is 7. The summed E-state index contributed by atoms with van der Waals surface area (Å²) >= 11 is 6.64. The Morgan fingerprint density at radius 2 is 1.70 bits per heavy atom. The molecule has 0 spiro atoms. The van der Waals surface area contributed by atoms with E-state index in [1.807, 2.05) is 62.4 Å². The Hall–Kier alpha value is -4.62. The molecule has 202 valence electrons. The summed E-state index contributed by atoms with van der Waals surface area (Å²) in [5, 5.41) is 4.69. The molecule has 40 heavy (non-hydrogen) atoms. The molecule has 0 aromatic heterocycles. The number of nitrogens with one attached hydrogen (secondary N) is 1. The predicted molar refractivity (Wildman–Crippen MR) is 156 cm³/mol. The standard InChI is InChI=1S/C32H27ClN2O5/c1-4-39-28-17-21(16-26(33)29(28)40-18-23-10-7-9-22-8-5-6-11-24(22)23)15-25-30(36)34-32(38)35(31(25)37)27-13-12-19(2)14-20(27)3/h5-17H,4,18H2,1-3H3,(H,34,36,38)/b25-15+. The van der Waals surface area contributed by atoms with Crippen molar-refractivity contribution in [2.24, 2.45) is 0 Å². The minimum absolute atomic E-state index is 0.206. The number of fused-ring (bicyclic) bond motifs is 1. The van der Waals surface area contributed by atoms with Gasteiger partial charge in [-0.1, -0.05) is 71.8 Å². The summed E-state index contributed by atoms with van der Waals surface area (Å²) < 4.78 is 12.0. The van der Waals surface area contributed by atoms with Crippen molar-refractivity contribution in [2.75, 3.05) is 11.5 Å². The van der Waals surface area contributed by atoms with Gasteiger partial charge in [0.2, 0.25) is 0 Å². The van der Waals surface area contributed by atoms with Gasteiger partial charge in [0.25, 0.3) is 11.8 Å². The molecule has 0 unspecified atom stereocenters. The number of amides is 4. The zero-order valence-electron chi connectivity index (χ0n) is 22.3. The number of aryl methyl sites for hydroxylation is 2. The molecule has 4 aromatic carbocycles. The third-order valence-corrected chi connectivity index (χ3v) is 6.87. The van der Waals surface area contributed by atoms with E-state index in [1.165, 1.54) is 6.08 Å². The summed E-state index contributed by atoms with van der Waals surface area (Å²) in [5.74, 6) is -0.800. The van der Waals surface area contributed by atoms with Gasteiger partial charge >= 0.3 is 6.03 Å². The van der Waals surface area contributed by atoms with Crippen molar-refractivity contribution in [3.63, 3.8) is 0 Å². The number of carbonyl (C=O) groups excluding carboxylic acids is 3. The number of urea groups is 1. The molecule has 8 heteroatoms. The lowest BCUT2D eigenvalue weighted by molar-refractivity contribution is -0.122. The normalized spacial score (nSPS) is 14.6. The van der Waals surface area contributed by atoms with Crippen molar-refractivity contribution >= 4 is 52.0 Å². The SMILES string of the molecule is CCOc1cc(/C=C2\C(=O)NC(=O)N(c3ccc(C)cc3C)C2=O)cc(Cl)c1OCc1cccc2ccccc12. The van der Waals surface area contributed by atoms with Crippen molar-refractivity contribution in [3.05, 3.63) is 106 Å². The molecule has 0 radical (unpaired) electrons. The third kappa shape index (κ3) is 5.28. The van der Waals surface area contributed by atoms with Crippen LogP contribution in [0.2, 0.25) is 5.02 Å². The number of hydrogen-bond acceptors (Lipinski definition) is 5. The van der Waals surface area contributed by atoms with Crippen LogP contribution in [0.5, 0.6) is 11.5 Å². The highest BCUT2D eigenvalue weighted by Crippen LogP contribution is 2.38. The van der Waals surface area contributed by atoms with E-state index < -0.39 is 17.8 Å². The largest absolute Gasteiger partial charge is 0.490 e. The Bertz CT molecular complexity index is 1690. The van der Waals surface area contributed by atoms with E-state index in [4.69, 9.17) is 21.1 Å². The van der Waals surface area contributed by atoms with Crippen molar-refractivity contribution in [1.29, 1.82) is 0 Å². The van der Waals surface area contributed by atoms with Crippen LogP contribution in [0.15, 0.2) is 78.4 Å². The quantitative estimate of drug-likeness (QED) is 0.202. The molecule has 1 fully saturated rings. The zero-order valence-corrected chi connectivity index (χ0v) is 23.0. The Morgan fingerprint density at radius 3 is 2.48 bits per heavy atom. The number of nitrogens with zero attached hydrogens (tertiary/aromatic N) is 1. The monoisotopic (exact) mass is 554 g/mol. The number of hydrogen-bond donors (Lipinski definition) is 1. The summed E-state index contributed by atoms with van der Waals surface area (Å²) in [6, 6.07) is 21.8. The van der Waals surface area contributed by atoms with Crippen LogP contribution in [0, 0.1) is 13.8 Å². The lowest BCUT2D eigenvalue weighted by Gasteiger charge is -2.27. The number of ether oxygens (including phenoxy) is 2. The molecule has 0 saturated carbocycles. The number of benzene rings is 4. The van der Waals surface area contributed by atoms with Crippen molar-refractivity contribution < 1.29 is 23.9 Å². The molecule has 0 atom stereocenters. The van der Waals surface area contributed by atoms with Crippen LogP contribution < -0.4 is 19.7 Å². The maximum absolute atomic E-state index is 13.4. The first-order valence-electron chi connectivity index (χ1n) is 12.8. The second-order valence-corrected chi connectivity index (χ2v) is 9.84. The molecular formula is C32H27ClN2O5. The molecule has 7 nitrogen and oxygen atoms in total. The van der Waals surface area contributed by atoms with Gasteiger partial charge in [0, 0.05) is 0 Å². The van der Waals surface area contributed by atoms with Crippen molar-refractivity contribution in [3.8, 4) is 11.5 Å². The molecule has 0 aliphatic carbocycles. The number of carbonyl (C=O) groups is 3. The highest BCUT2D eigenvalue weighted by molar-refractivity contribution is 6.39. The first-order valence-corrected chi connectivity index (χ1v) is 13.2. The smallest absolute Gasteiger partial charge is 0.335 e. The van der Waals surface area contributed by atoms with Gasteiger partial charge < -0.3 is 9.47 Å². The fraction of sp³-hybridized carbons (Fsp3) is 0.156. The molecule has 1 aliphatic heterocycles. The van der Waals surface area contributed by atoms with Crippen LogP contribution in [0.25, 0.3) is 16.8 Å². The van der Waals surface area contributed by atoms with Gasteiger partial charge in [-0.3, -0.25) is 14.9 Å². The summed E-state index contributed by atoms with van der Waals surface area (Å²) in [6.07, 6.45) is 1.39. The van der Waals surface area contributed by atoms with E-state index in [2.05, 4.69) is 5.32 Å². The van der Waals surface area contributed by atoms with Gasteiger partial charge in [-0.25, -0.2) is 9.69 Å². The van der Waals surface area contributed by atoms with E-state index in [0.29, 0.717) is 29.4 Å². The molecule has 5 rings (SSSR count). The summed E-state index contributed by atoms with van der Waals surface area (Å²) in [6.45, 7) is 6.15. The van der Waals surface area contributed by atoms with Crippen molar-refractivity contribution in [2.45, 2.75) is 27.4 Å². The topological polar surface area (TPSA) is 84.9 Å². The van der Waals surface area contributed by atoms with Gasteiger partial charge in [0.15, 0.2) is 11.5 Å². The summed E-state index contributed by atoms with van der Waals surface area (Å²) in [5.41, 5.74) is 3.34. The Morgan fingerprint density at radius 1 is 0.925 bits per heavy atom. The summed E-state index contributed by atoms with van der Waals surface area (Å²) in [4.78, 5) is 39.7. The Kier molecular flexibility index (Phi) is 7.58. The molecular weight excluding hydrogens is 528 g/mol. The lowest BCUT2D eigenvalue weighted by Crippen LogP contribution is -2.54. The number of anilines is 1. The fourth-order valence-corrected chi connectivity index (χ4v) is 5.02. The third-order valence-electron chi connectivity index (χ3n) is 6.59. The fourth-order valence-electron chi connectivity index (χ4n) is 4.74. The number of barbiturate groups is 1. The second kappa shape index (κ2) is 11.2. The van der Waals surface area contributed by atoms with Crippen molar-refractivity contribution in [1.82, 2.24) is 5.32 Å². The molecule has 1 heterocycles. The first kappa shape index (κ1) is 27.0. The maximum atomic E-state index is 13.4. The minimum Gasteiger partial charge on any atom is -0.490 e. The number of halogens is 1. The molecule has 4 aromatic rings. The van der Waals surface area contributed by atoms with E-state index in [0.717, 1.165) is 32.4 Å². The van der Waals surface area contributed by atoms with Gasteiger partial charge in [-0.05, 0) is 72.5 Å². The lowest BCUT2D eigenvalue weighted by atomic mass is 10.0. The van der Waals surface area contributed by atoms with Crippen LogP contribution in [-0.2, 0) is 16.2 Å². The van der Waals surface area contributed by atoms with Crippen LogP contribution >= 0.6 is 11.6 Å². The van der Waals surface area contributed by atoms with Gasteiger partial charge in [-0.2, -0.15) is 0 Å². The van der Waals surface area contributed by atoms with E-state index >= 15 is 0 Å². The van der Waals surface area contributed by atoms with Gasteiger partial charge in [0.1, 0.15) is 12.2 Å². The molecule has 1 N–H and O–H groups in total. The molecule has 4 amide bonds. The highest BCUT2D eigenvalue weighted by atomic mass is 35.5. The average molecular weight is 555 g/mol. The molecule has 1 saturated heterocycles. The van der Waals surface area contributed by atoms with Crippen LogP contribution in [0.3, 0.4) is 0 Å².